The first-order chi connectivity index (χ1) is 16.8. The van der Waals surface area contributed by atoms with E-state index in [0.29, 0.717) is 34.2 Å². The summed E-state index contributed by atoms with van der Waals surface area (Å²) in [4.78, 5) is 6.93. The van der Waals surface area contributed by atoms with Crippen LogP contribution in [0.15, 0.2) is 52.7 Å². The van der Waals surface area contributed by atoms with E-state index >= 15 is 0 Å². The Bertz CT molecular complexity index is 1230. The van der Waals surface area contributed by atoms with E-state index in [4.69, 9.17) is 31.2 Å². The van der Waals surface area contributed by atoms with Crippen LogP contribution in [0.5, 0.6) is 11.5 Å². The Morgan fingerprint density at radius 3 is 2.43 bits per heavy atom. The van der Waals surface area contributed by atoms with Gasteiger partial charge in [0.1, 0.15) is 0 Å². The van der Waals surface area contributed by atoms with Crippen molar-refractivity contribution in [3.05, 3.63) is 65.2 Å². The lowest BCUT2D eigenvalue weighted by atomic mass is 9.94. The summed E-state index contributed by atoms with van der Waals surface area (Å²) in [6.07, 6.45) is 1.02. The van der Waals surface area contributed by atoms with E-state index in [2.05, 4.69) is 67.3 Å². The van der Waals surface area contributed by atoms with Crippen LogP contribution in [-0.4, -0.2) is 40.9 Å². The number of aromatic nitrogens is 2. The number of aryl methyl sites for hydroxylation is 1. The zero-order chi connectivity index (χ0) is 25.1. The van der Waals surface area contributed by atoms with Gasteiger partial charge in [-0.05, 0) is 62.2 Å². The second kappa shape index (κ2) is 10.5. The fourth-order valence-electron chi connectivity index (χ4n) is 4.15. The average Bonchev–Trinajstić information content (AvgIpc) is 3.33. The highest BCUT2D eigenvalue weighted by molar-refractivity contribution is 7.80. The molecule has 0 radical (unpaired) electrons. The Labute approximate surface area is 212 Å². The minimum Gasteiger partial charge on any atom is -0.493 e. The summed E-state index contributed by atoms with van der Waals surface area (Å²) in [6.45, 7) is 9.39. The van der Waals surface area contributed by atoms with Crippen LogP contribution < -0.4 is 14.8 Å². The molecule has 0 fully saturated rings. The third kappa shape index (κ3) is 5.17. The van der Waals surface area contributed by atoms with E-state index < -0.39 is 0 Å². The summed E-state index contributed by atoms with van der Waals surface area (Å²) in [5, 5.41) is 8.52. The van der Waals surface area contributed by atoms with Gasteiger partial charge in [-0.15, -0.1) is 0 Å². The molecule has 184 valence electrons. The van der Waals surface area contributed by atoms with Crippen molar-refractivity contribution in [3.63, 3.8) is 0 Å². The second-order valence-electron chi connectivity index (χ2n) is 9.12. The van der Waals surface area contributed by atoms with Gasteiger partial charge in [0, 0.05) is 17.8 Å². The van der Waals surface area contributed by atoms with Gasteiger partial charge in [0.25, 0.3) is 5.89 Å². The van der Waals surface area contributed by atoms with Crippen molar-refractivity contribution in [2.45, 2.75) is 40.2 Å². The largest absolute Gasteiger partial charge is 0.493 e. The fourth-order valence-corrected chi connectivity index (χ4v) is 4.50. The Morgan fingerprint density at radius 1 is 1.06 bits per heavy atom. The minimum absolute atomic E-state index is 0.197. The average molecular weight is 493 g/mol. The van der Waals surface area contributed by atoms with E-state index in [1.807, 2.05) is 18.2 Å². The number of allylic oxidation sites excluding steroid dienone is 1. The zero-order valence-corrected chi connectivity index (χ0v) is 21.9. The Balaban J connectivity index is 1.78. The van der Waals surface area contributed by atoms with Crippen molar-refractivity contribution in [2.24, 2.45) is 5.92 Å². The molecule has 0 aliphatic carbocycles. The van der Waals surface area contributed by atoms with Gasteiger partial charge in [0.2, 0.25) is 5.82 Å². The molecule has 8 heteroatoms. The minimum atomic E-state index is -0.197. The molecule has 1 unspecified atom stereocenters. The summed E-state index contributed by atoms with van der Waals surface area (Å²) in [5.74, 6) is 2.75. The summed E-state index contributed by atoms with van der Waals surface area (Å²) in [6, 6.07) is 13.8. The van der Waals surface area contributed by atoms with Gasteiger partial charge in [-0.2, -0.15) is 4.98 Å². The lowest BCUT2D eigenvalue weighted by Gasteiger charge is -2.37. The predicted octanol–water partition coefficient (Wildman–Crippen LogP) is 5.77. The highest BCUT2D eigenvalue weighted by Crippen LogP contribution is 2.38. The van der Waals surface area contributed by atoms with Crippen LogP contribution in [-0.2, 0) is 0 Å². The monoisotopic (exact) mass is 492 g/mol. The quantitative estimate of drug-likeness (QED) is 0.397. The molecule has 0 bridgehead atoms. The Kier molecular flexibility index (Phi) is 7.40. The number of rotatable bonds is 8. The molecule has 0 amide bonds. The highest BCUT2D eigenvalue weighted by Gasteiger charge is 2.34. The molecule has 1 N–H and O–H groups in total. The number of methoxy groups -OCH3 is 2. The standard InChI is InChI=1S/C27H32N4O3S/c1-16(2)13-14-31-18(4)23(24(28-27(31)35)19-9-7-17(3)8-10-19)26-29-25(30-34-26)20-11-12-21(32-5)22(15-20)33-6/h7-12,15-16,24H,13-14H2,1-6H3,(H,28,35). The van der Waals surface area contributed by atoms with Gasteiger partial charge in [-0.25, -0.2) is 0 Å². The van der Waals surface area contributed by atoms with Crippen molar-refractivity contribution < 1.29 is 14.0 Å². The van der Waals surface area contributed by atoms with E-state index in [-0.39, 0.29) is 6.04 Å². The topological polar surface area (TPSA) is 72.7 Å². The number of ether oxygens (including phenoxy) is 2. The molecule has 2 aromatic carbocycles. The maximum absolute atomic E-state index is 5.84. The van der Waals surface area contributed by atoms with Gasteiger partial charge in [-0.1, -0.05) is 48.8 Å². The number of benzene rings is 2. The molecular weight excluding hydrogens is 460 g/mol. The first-order valence-electron chi connectivity index (χ1n) is 11.7. The van der Waals surface area contributed by atoms with Crippen LogP contribution in [0.2, 0.25) is 0 Å². The van der Waals surface area contributed by atoms with Crippen LogP contribution in [0, 0.1) is 12.8 Å². The maximum atomic E-state index is 5.84. The van der Waals surface area contributed by atoms with Crippen molar-refractivity contribution in [3.8, 4) is 22.9 Å². The Hall–Kier alpha value is -3.39. The zero-order valence-electron chi connectivity index (χ0n) is 21.1. The molecule has 1 aliphatic heterocycles. The lowest BCUT2D eigenvalue weighted by Crippen LogP contribution is -2.46. The lowest BCUT2D eigenvalue weighted by molar-refractivity contribution is 0.355. The third-order valence-electron chi connectivity index (χ3n) is 6.24. The SMILES string of the molecule is COc1ccc(-c2noc(C3=C(C)N(CCC(C)C)C(=S)NC3c3ccc(C)cc3)n2)cc1OC. The van der Waals surface area contributed by atoms with Crippen molar-refractivity contribution >= 4 is 22.9 Å². The number of hydrogen-bond donors (Lipinski definition) is 1. The van der Waals surface area contributed by atoms with Crippen molar-refractivity contribution in [1.82, 2.24) is 20.4 Å². The Morgan fingerprint density at radius 2 is 1.77 bits per heavy atom. The number of thiocarbonyl (C=S) groups is 1. The first-order valence-corrected chi connectivity index (χ1v) is 12.1. The molecule has 3 aromatic rings. The van der Waals surface area contributed by atoms with E-state index in [0.717, 1.165) is 35.4 Å². The van der Waals surface area contributed by atoms with Gasteiger partial charge in [0.15, 0.2) is 16.6 Å². The van der Waals surface area contributed by atoms with Gasteiger partial charge in [-0.3, -0.25) is 0 Å². The highest BCUT2D eigenvalue weighted by atomic mass is 32.1. The molecule has 1 atom stereocenters. The van der Waals surface area contributed by atoms with E-state index in [1.165, 1.54) is 5.56 Å². The van der Waals surface area contributed by atoms with Crippen LogP contribution in [0.1, 0.15) is 50.3 Å². The maximum Gasteiger partial charge on any atom is 0.258 e. The summed E-state index contributed by atoms with van der Waals surface area (Å²) in [5.41, 5.74) is 5.00. The number of nitrogens with one attached hydrogen (secondary N) is 1. The van der Waals surface area contributed by atoms with Crippen LogP contribution in [0.3, 0.4) is 0 Å². The van der Waals surface area contributed by atoms with Gasteiger partial charge < -0.3 is 24.2 Å². The van der Waals surface area contributed by atoms with Crippen LogP contribution >= 0.6 is 12.2 Å². The van der Waals surface area contributed by atoms with Gasteiger partial charge >= 0.3 is 0 Å². The van der Waals surface area contributed by atoms with E-state index in [9.17, 15) is 0 Å². The molecular formula is C27H32N4O3S. The molecule has 0 spiro atoms. The normalized spacial score (nSPS) is 16.0. The fraction of sp³-hybridized carbons (Fsp3) is 0.370. The number of nitrogens with zero attached hydrogens (tertiary/aromatic N) is 3. The molecule has 0 saturated carbocycles. The molecule has 1 aromatic heterocycles. The molecule has 2 heterocycles. The molecule has 4 rings (SSSR count). The van der Waals surface area contributed by atoms with Crippen LogP contribution in [0.4, 0.5) is 0 Å². The van der Waals surface area contributed by atoms with Crippen molar-refractivity contribution in [2.75, 3.05) is 20.8 Å². The van der Waals surface area contributed by atoms with Gasteiger partial charge in [0.05, 0.1) is 25.8 Å². The first kappa shape index (κ1) is 24.7. The molecule has 0 saturated heterocycles. The smallest absolute Gasteiger partial charge is 0.258 e. The second-order valence-corrected chi connectivity index (χ2v) is 9.51. The van der Waals surface area contributed by atoms with Crippen molar-refractivity contribution in [1.29, 1.82) is 0 Å². The summed E-state index contributed by atoms with van der Waals surface area (Å²) >= 11 is 5.78. The summed E-state index contributed by atoms with van der Waals surface area (Å²) in [7, 11) is 3.21. The number of hydrogen-bond acceptors (Lipinski definition) is 6. The van der Waals surface area contributed by atoms with Crippen LogP contribution in [0.25, 0.3) is 17.0 Å². The third-order valence-corrected chi connectivity index (χ3v) is 6.57. The molecule has 7 nitrogen and oxygen atoms in total. The molecule has 35 heavy (non-hydrogen) atoms. The molecule has 1 aliphatic rings. The summed E-state index contributed by atoms with van der Waals surface area (Å²) < 4.78 is 16.6. The van der Waals surface area contributed by atoms with E-state index in [1.54, 1.807) is 14.2 Å². The predicted molar refractivity (Wildman–Crippen MR) is 141 cm³/mol.